The van der Waals surface area contributed by atoms with Gasteiger partial charge in [-0.2, -0.15) is 8.42 Å². The fourth-order valence-electron chi connectivity index (χ4n) is 2.08. The average molecular weight is 395 g/mol. The Hall–Kier alpha value is -1.25. The van der Waals surface area contributed by atoms with Gasteiger partial charge in [0.15, 0.2) is 0 Å². The van der Waals surface area contributed by atoms with Crippen LogP contribution in [0, 0.1) is 0 Å². The van der Waals surface area contributed by atoms with E-state index in [1.54, 1.807) is 30.3 Å². The number of oxime groups is 1. The van der Waals surface area contributed by atoms with Crippen molar-refractivity contribution in [1.29, 1.82) is 0 Å². The summed E-state index contributed by atoms with van der Waals surface area (Å²) >= 11 is 0.687. The minimum atomic E-state index is -4.85. The Kier molecular flexibility index (Phi) is 6.76. The lowest BCUT2D eigenvalue weighted by Gasteiger charge is -2.39. The summed E-state index contributed by atoms with van der Waals surface area (Å²) in [4.78, 5) is 0. The van der Waals surface area contributed by atoms with Gasteiger partial charge in [-0.25, -0.2) is 4.28 Å². The Morgan fingerprint density at radius 3 is 2.36 bits per heavy atom. The molecule has 1 aromatic carbocycles. The molecule has 5 N–H and O–H groups in total. The second kappa shape index (κ2) is 8.42. The molecule has 1 aromatic rings. The highest BCUT2D eigenvalue weighted by atomic mass is 32.3. The molecule has 0 amide bonds. The van der Waals surface area contributed by atoms with Crippen molar-refractivity contribution in [1.82, 2.24) is 0 Å². The van der Waals surface area contributed by atoms with E-state index in [1.165, 1.54) is 0 Å². The molecule has 25 heavy (non-hydrogen) atoms. The van der Waals surface area contributed by atoms with Crippen LogP contribution in [-0.4, -0.2) is 74.9 Å². The molecule has 1 heterocycles. The number of rotatable bonds is 5. The van der Waals surface area contributed by atoms with Crippen LogP contribution < -0.4 is 0 Å². The van der Waals surface area contributed by atoms with Gasteiger partial charge in [-0.05, 0) is 0 Å². The second-order valence-electron chi connectivity index (χ2n) is 5.08. The van der Waals surface area contributed by atoms with Crippen LogP contribution in [0.15, 0.2) is 35.5 Å². The maximum absolute atomic E-state index is 10.7. The number of hydrogen-bond donors (Lipinski definition) is 5. The summed E-state index contributed by atoms with van der Waals surface area (Å²) in [6.07, 6.45) is -5.80. The van der Waals surface area contributed by atoms with Crippen LogP contribution in [0.25, 0.3) is 0 Å². The molecule has 1 saturated heterocycles. The number of ether oxygens (including phenoxy) is 1. The fourth-order valence-corrected chi connectivity index (χ4v) is 3.37. The number of benzene rings is 1. The average Bonchev–Trinajstić information content (AvgIpc) is 2.58. The van der Waals surface area contributed by atoms with Crippen molar-refractivity contribution in [3.05, 3.63) is 35.9 Å². The summed E-state index contributed by atoms with van der Waals surface area (Å²) in [6, 6.07) is 8.08. The molecule has 0 saturated carbocycles. The highest BCUT2D eigenvalue weighted by Gasteiger charge is 2.44. The largest absolute Gasteiger partial charge is 0.466 e. The minimum absolute atomic E-state index is 0.0810. The van der Waals surface area contributed by atoms with E-state index in [-0.39, 0.29) is 5.04 Å². The van der Waals surface area contributed by atoms with Crippen LogP contribution in [-0.2, 0) is 19.4 Å². The standard InChI is InChI=1S/C13H17NO9S2/c15-6-8-9(16)10(17)11(18)13(22-8)24-12(14-23-25(19,20)21)7-4-2-1-3-5-7/h1-5,8-11,13,15-18H,6H2,(H,19,20,21). The van der Waals surface area contributed by atoms with Crippen molar-refractivity contribution in [2.75, 3.05) is 6.61 Å². The van der Waals surface area contributed by atoms with Crippen molar-refractivity contribution >= 4 is 27.2 Å². The predicted molar refractivity (Wildman–Crippen MR) is 87.0 cm³/mol. The van der Waals surface area contributed by atoms with Crippen LogP contribution in [0.1, 0.15) is 5.56 Å². The van der Waals surface area contributed by atoms with Gasteiger partial charge in [0.25, 0.3) is 0 Å². The fraction of sp³-hybridized carbons (Fsp3) is 0.462. The number of thioether (sulfide) groups is 1. The molecule has 0 aliphatic carbocycles. The summed E-state index contributed by atoms with van der Waals surface area (Å²) in [5.41, 5.74) is -0.812. The molecule has 12 heteroatoms. The first-order valence-electron chi connectivity index (χ1n) is 6.99. The van der Waals surface area contributed by atoms with E-state index in [1.807, 2.05) is 0 Å². The normalized spacial score (nSPS) is 30.9. The lowest BCUT2D eigenvalue weighted by molar-refractivity contribution is -0.205. The van der Waals surface area contributed by atoms with E-state index in [2.05, 4.69) is 9.44 Å². The smallest absolute Gasteiger partial charge is 0.394 e. The first-order valence-corrected chi connectivity index (χ1v) is 9.24. The van der Waals surface area contributed by atoms with E-state index in [0.717, 1.165) is 0 Å². The highest BCUT2D eigenvalue weighted by molar-refractivity contribution is 8.14. The Balaban J connectivity index is 2.26. The molecule has 5 unspecified atom stereocenters. The maximum Gasteiger partial charge on any atom is 0.466 e. The summed E-state index contributed by atoms with van der Waals surface area (Å²) < 4.78 is 39.5. The topological polar surface area (TPSA) is 166 Å². The zero-order valence-corrected chi connectivity index (χ0v) is 14.2. The first-order chi connectivity index (χ1) is 11.7. The van der Waals surface area contributed by atoms with E-state index < -0.39 is 46.9 Å². The van der Waals surface area contributed by atoms with E-state index in [9.17, 15) is 28.8 Å². The zero-order valence-electron chi connectivity index (χ0n) is 12.6. The lowest BCUT2D eigenvalue weighted by atomic mass is 10.0. The molecular formula is C13H17NO9S2. The number of aliphatic hydroxyl groups excluding tert-OH is 4. The van der Waals surface area contributed by atoms with Gasteiger partial charge in [-0.15, -0.1) is 0 Å². The molecule has 1 aliphatic rings. The van der Waals surface area contributed by atoms with Crippen molar-refractivity contribution in [3.8, 4) is 0 Å². The monoisotopic (exact) mass is 395 g/mol. The predicted octanol–water partition coefficient (Wildman–Crippen LogP) is -1.30. The molecule has 0 bridgehead atoms. The van der Waals surface area contributed by atoms with Gasteiger partial charge in [0.05, 0.1) is 6.61 Å². The van der Waals surface area contributed by atoms with Gasteiger partial charge in [0, 0.05) is 5.56 Å². The molecule has 10 nitrogen and oxygen atoms in total. The van der Waals surface area contributed by atoms with E-state index in [4.69, 9.17) is 9.29 Å². The Morgan fingerprint density at radius 2 is 1.80 bits per heavy atom. The molecule has 140 valence electrons. The molecule has 2 rings (SSSR count). The molecule has 0 radical (unpaired) electrons. The van der Waals surface area contributed by atoms with Crippen LogP contribution in [0.3, 0.4) is 0 Å². The third-order valence-corrected chi connectivity index (χ3v) is 4.73. The third kappa shape index (κ3) is 5.36. The van der Waals surface area contributed by atoms with Crippen LogP contribution in [0.2, 0.25) is 0 Å². The summed E-state index contributed by atoms with van der Waals surface area (Å²) in [5.74, 6) is 0. The molecule has 0 aromatic heterocycles. The van der Waals surface area contributed by atoms with Gasteiger partial charge in [-0.1, -0.05) is 47.2 Å². The SMILES string of the molecule is O=S(=O)(O)ON=C(SC1OC(CO)C(O)C(O)C1O)c1ccccc1. The number of aliphatic hydroxyl groups is 4. The van der Waals surface area contributed by atoms with Gasteiger partial charge >= 0.3 is 10.4 Å². The second-order valence-corrected chi connectivity index (χ2v) is 7.17. The quantitative estimate of drug-likeness (QED) is 0.175. The highest BCUT2D eigenvalue weighted by Crippen LogP contribution is 2.31. The molecule has 0 spiro atoms. The Bertz CT molecular complexity index is 695. The van der Waals surface area contributed by atoms with E-state index in [0.29, 0.717) is 17.3 Å². The lowest BCUT2D eigenvalue weighted by Crippen LogP contribution is -2.57. The number of nitrogens with zero attached hydrogens (tertiary/aromatic N) is 1. The summed E-state index contributed by atoms with van der Waals surface area (Å²) in [5, 5.41) is 42.1. The van der Waals surface area contributed by atoms with E-state index >= 15 is 0 Å². The minimum Gasteiger partial charge on any atom is -0.394 e. The van der Waals surface area contributed by atoms with Crippen molar-refractivity contribution < 1.29 is 42.4 Å². The molecule has 5 atom stereocenters. The van der Waals surface area contributed by atoms with Gasteiger partial charge in [-0.3, -0.25) is 4.55 Å². The van der Waals surface area contributed by atoms with Gasteiger partial charge < -0.3 is 25.2 Å². The van der Waals surface area contributed by atoms with Gasteiger partial charge in [0.2, 0.25) is 0 Å². The molecule has 1 fully saturated rings. The van der Waals surface area contributed by atoms with Crippen molar-refractivity contribution in [2.45, 2.75) is 29.9 Å². The molecular weight excluding hydrogens is 378 g/mol. The molecule has 1 aliphatic heterocycles. The van der Waals surface area contributed by atoms with Crippen molar-refractivity contribution in [2.24, 2.45) is 5.16 Å². The summed E-state index contributed by atoms with van der Waals surface area (Å²) in [6.45, 7) is -0.610. The Labute approximate surface area is 147 Å². The van der Waals surface area contributed by atoms with Gasteiger partial charge in [0.1, 0.15) is 34.9 Å². The summed E-state index contributed by atoms with van der Waals surface area (Å²) in [7, 11) is -4.85. The third-order valence-electron chi connectivity index (χ3n) is 3.31. The maximum atomic E-state index is 10.7. The Morgan fingerprint density at radius 1 is 1.16 bits per heavy atom. The van der Waals surface area contributed by atoms with Crippen LogP contribution >= 0.6 is 11.8 Å². The van der Waals surface area contributed by atoms with Crippen molar-refractivity contribution in [3.63, 3.8) is 0 Å². The van der Waals surface area contributed by atoms with Crippen LogP contribution in [0.5, 0.6) is 0 Å². The first kappa shape index (κ1) is 20.1. The van der Waals surface area contributed by atoms with Crippen LogP contribution in [0.4, 0.5) is 0 Å². The zero-order chi connectivity index (χ0) is 18.6. The number of hydrogen-bond acceptors (Lipinski definition) is 10.